The van der Waals surface area contributed by atoms with Crippen LogP contribution < -0.4 is 16.4 Å². The quantitative estimate of drug-likeness (QED) is 0.637. The number of rotatable bonds is 7. The van der Waals surface area contributed by atoms with Crippen LogP contribution in [0.5, 0.6) is 0 Å². The van der Waals surface area contributed by atoms with Crippen molar-refractivity contribution in [3.05, 3.63) is 30.1 Å². The second-order valence-electron chi connectivity index (χ2n) is 3.74. The second-order valence-corrected chi connectivity index (χ2v) is 3.74. The Hall–Kier alpha value is -1.37. The third-order valence-corrected chi connectivity index (χ3v) is 2.26. The van der Waals surface area contributed by atoms with Crippen LogP contribution in [-0.2, 0) is 4.79 Å². The van der Waals surface area contributed by atoms with E-state index in [4.69, 9.17) is 5.73 Å². The first-order valence-corrected chi connectivity index (χ1v) is 5.89. The fraction of sp³-hybridized carbons (Fsp3) is 0.417. The van der Waals surface area contributed by atoms with E-state index in [1.54, 1.807) is 18.3 Å². The summed E-state index contributed by atoms with van der Waals surface area (Å²) in [4.78, 5) is 26.7. The highest BCUT2D eigenvalue weighted by Gasteiger charge is 2.04. The molecule has 1 rings (SSSR count). The Morgan fingerprint density at radius 2 is 1.90 bits per heavy atom. The summed E-state index contributed by atoms with van der Waals surface area (Å²) in [5.41, 5.74) is 5.80. The van der Waals surface area contributed by atoms with Crippen LogP contribution in [0.4, 0.5) is 0 Å². The monoisotopic (exact) mass is 322 g/mol. The second kappa shape index (κ2) is 12.7. The number of carbonyl (C=O) groups is 2. The van der Waals surface area contributed by atoms with E-state index in [0.717, 1.165) is 0 Å². The molecule has 4 N–H and O–H groups in total. The van der Waals surface area contributed by atoms with Crippen molar-refractivity contribution >= 4 is 36.6 Å². The highest BCUT2D eigenvalue weighted by atomic mass is 35.5. The van der Waals surface area contributed by atoms with Crippen LogP contribution in [0.25, 0.3) is 0 Å². The Morgan fingerprint density at radius 1 is 1.20 bits per heavy atom. The molecule has 0 bridgehead atoms. The fourth-order valence-electron chi connectivity index (χ4n) is 1.33. The zero-order chi connectivity index (χ0) is 13.2. The molecule has 0 saturated heterocycles. The SMILES string of the molecule is Cl.Cl.NCCCC(=O)NCCNC(=O)c1cccnc1. The van der Waals surface area contributed by atoms with E-state index in [0.29, 0.717) is 38.0 Å². The molecule has 6 nitrogen and oxygen atoms in total. The van der Waals surface area contributed by atoms with Crippen molar-refractivity contribution in [3.63, 3.8) is 0 Å². The summed E-state index contributed by atoms with van der Waals surface area (Å²) < 4.78 is 0. The van der Waals surface area contributed by atoms with Gasteiger partial charge in [-0.25, -0.2) is 0 Å². The number of amides is 2. The van der Waals surface area contributed by atoms with Crippen LogP contribution in [0.3, 0.4) is 0 Å². The molecule has 0 aliphatic heterocycles. The summed E-state index contributed by atoms with van der Waals surface area (Å²) >= 11 is 0. The molecule has 0 radical (unpaired) electrons. The summed E-state index contributed by atoms with van der Waals surface area (Å²) in [5.74, 6) is -0.240. The van der Waals surface area contributed by atoms with Crippen LogP contribution in [-0.4, -0.2) is 36.4 Å². The maximum atomic E-state index is 11.6. The Balaban J connectivity index is 0. The molecule has 8 heteroatoms. The molecule has 0 aromatic carbocycles. The number of hydrogen-bond acceptors (Lipinski definition) is 4. The third kappa shape index (κ3) is 8.68. The van der Waals surface area contributed by atoms with Gasteiger partial charge in [-0.05, 0) is 25.1 Å². The fourth-order valence-corrected chi connectivity index (χ4v) is 1.33. The van der Waals surface area contributed by atoms with Gasteiger partial charge in [0.1, 0.15) is 0 Å². The number of nitrogens with zero attached hydrogens (tertiary/aromatic N) is 1. The van der Waals surface area contributed by atoms with Gasteiger partial charge in [0.05, 0.1) is 5.56 Å². The normalized spacial score (nSPS) is 8.85. The Bertz CT molecular complexity index is 390. The largest absolute Gasteiger partial charge is 0.354 e. The van der Waals surface area contributed by atoms with Gasteiger partial charge in [0.25, 0.3) is 5.91 Å². The minimum atomic E-state index is -0.195. The van der Waals surface area contributed by atoms with Crippen LogP contribution in [0.1, 0.15) is 23.2 Å². The van der Waals surface area contributed by atoms with E-state index in [1.807, 2.05) is 0 Å². The molecule has 114 valence electrons. The summed E-state index contributed by atoms with van der Waals surface area (Å²) in [7, 11) is 0. The molecular weight excluding hydrogens is 303 g/mol. The maximum absolute atomic E-state index is 11.6. The van der Waals surface area contributed by atoms with Gasteiger partial charge in [-0.15, -0.1) is 24.8 Å². The van der Waals surface area contributed by atoms with Gasteiger partial charge in [0.2, 0.25) is 5.91 Å². The number of hydrogen-bond donors (Lipinski definition) is 3. The Labute approximate surface area is 130 Å². The lowest BCUT2D eigenvalue weighted by Gasteiger charge is -2.06. The molecule has 0 spiro atoms. The molecule has 2 amide bonds. The first-order chi connectivity index (χ1) is 8.74. The van der Waals surface area contributed by atoms with Crippen molar-refractivity contribution in [2.75, 3.05) is 19.6 Å². The first-order valence-electron chi connectivity index (χ1n) is 5.89. The van der Waals surface area contributed by atoms with Crippen LogP contribution in [0.15, 0.2) is 24.5 Å². The molecule has 20 heavy (non-hydrogen) atoms. The van der Waals surface area contributed by atoms with Crippen molar-refractivity contribution in [2.45, 2.75) is 12.8 Å². The predicted molar refractivity (Wildman–Crippen MR) is 82.4 cm³/mol. The number of nitrogens with two attached hydrogens (primary N) is 1. The van der Waals surface area contributed by atoms with Gasteiger partial charge in [-0.2, -0.15) is 0 Å². The van der Waals surface area contributed by atoms with Crippen LogP contribution >= 0.6 is 24.8 Å². The molecule has 0 unspecified atom stereocenters. The van der Waals surface area contributed by atoms with Crippen molar-refractivity contribution in [3.8, 4) is 0 Å². The Morgan fingerprint density at radius 3 is 2.50 bits per heavy atom. The van der Waals surface area contributed by atoms with Gasteiger partial charge in [-0.3, -0.25) is 14.6 Å². The number of nitrogens with one attached hydrogen (secondary N) is 2. The minimum absolute atomic E-state index is 0. The number of aromatic nitrogens is 1. The van der Waals surface area contributed by atoms with Gasteiger partial charge < -0.3 is 16.4 Å². The minimum Gasteiger partial charge on any atom is -0.354 e. The average molecular weight is 323 g/mol. The highest BCUT2D eigenvalue weighted by Crippen LogP contribution is 1.94. The molecular formula is C12H20Cl2N4O2. The Kier molecular flexibility index (Phi) is 13.2. The van der Waals surface area contributed by atoms with E-state index in [9.17, 15) is 9.59 Å². The van der Waals surface area contributed by atoms with Gasteiger partial charge in [-0.1, -0.05) is 0 Å². The van der Waals surface area contributed by atoms with E-state index in [2.05, 4.69) is 15.6 Å². The van der Waals surface area contributed by atoms with Crippen LogP contribution in [0.2, 0.25) is 0 Å². The summed E-state index contributed by atoms with van der Waals surface area (Å²) in [6.07, 6.45) is 4.20. The molecule has 1 aromatic rings. The highest BCUT2D eigenvalue weighted by molar-refractivity contribution is 5.93. The van der Waals surface area contributed by atoms with Gasteiger partial charge >= 0.3 is 0 Å². The summed E-state index contributed by atoms with van der Waals surface area (Å²) in [6, 6.07) is 3.38. The molecule has 1 aromatic heterocycles. The predicted octanol–water partition coefficient (Wildman–Crippen LogP) is 0.510. The van der Waals surface area contributed by atoms with Crippen molar-refractivity contribution in [1.82, 2.24) is 15.6 Å². The lowest BCUT2D eigenvalue weighted by Crippen LogP contribution is -2.34. The molecule has 0 aliphatic carbocycles. The van der Waals surface area contributed by atoms with E-state index in [-0.39, 0.29) is 36.6 Å². The van der Waals surface area contributed by atoms with Crippen molar-refractivity contribution in [2.24, 2.45) is 5.73 Å². The lowest BCUT2D eigenvalue weighted by molar-refractivity contribution is -0.121. The van der Waals surface area contributed by atoms with E-state index >= 15 is 0 Å². The smallest absolute Gasteiger partial charge is 0.252 e. The summed E-state index contributed by atoms with van der Waals surface area (Å²) in [6.45, 7) is 1.31. The summed E-state index contributed by atoms with van der Waals surface area (Å²) in [5, 5.41) is 5.39. The first kappa shape index (κ1) is 20.9. The van der Waals surface area contributed by atoms with Crippen LogP contribution in [0, 0.1) is 0 Å². The number of pyridine rings is 1. The molecule has 1 heterocycles. The average Bonchev–Trinajstić information content (AvgIpc) is 2.42. The van der Waals surface area contributed by atoms with E-state index in [1.165, 1.54) is 6.20 Å². The number of halogens is 2. The zero-order valence-electron chi connectivity index (χ0n) is 11.0. The third-order valence-electron chi connectivity index (χ3n) is 2.26. The molecule has 0 fully saturated rings. The molecule has 0 saturated carbocycles. The van der Waals surface area contributed by atoms with Crippen molar-refractivity contribution < 1.29 is 9.59 Å². The maximum Gasteiger partial charge on any atom is 0.252 e. The molecule has 0 atom stereocenters. The molecule has 0 aliphatic rings. The van der Waals surface area contributed by atoms with E-state index < -0.39 is 0 Å². The standard InChI is InChI=1S/C12H18N4O2.2ClH/c13-5-1-4-11(17)15-7-8-16-12(18)10-3-2-6-14-9-10;;/h2-3,6,9H,1,4-5,7-8,13H2,(H,15,17)(H,16,18);2*1H. The topological polar surface area (TPSA) is 97.1 Å². The zero-order valence-corrected chi connectivity index (χ0v) is 12.6. The lowest BCUT2D eigenvalue weighted by atomic mass is 10.2. The van der Waals surface area contributed by atoms with Crippen molar-refractivity contribution in [1.29, 1.82) is 0 Å². The van der Waals surface area contributed by atoms with Gasteiger partial charge in [0, 0.05) is 31.9 Å². The number of carbonyl (C=O) groups excluding carboxylic acids is 2. The van der Waals surface area contributed by atoms with Gasteiger partial charge in [0.15, 0.2) is 0 Å².